The smallest absolute Gasteiger partial charge is 0.139 e. The number of hydrogen-bond donors (Lipinski definition) is 0. The minimum atomic E-state index is 0.0160. The molecular formula is C29H46N2O. The molecule has 178 valence electrons. The van der Waals surface area contributed by atoms with Crippen LogP contribution in [0.25, 0.3) is 0 Å². The van der Waals surface area contributed by atoms with E-state index in [-0.39, 0.29) is 5.92 Å². The van der Waals surface area contributed by atoms with E-state index in [1.165, 1.54) is 16.7 Å². The summed E-state index contributed by atoms with van der Waals surface area (Å²) < 4.78 is 0. The van der Waals surface area contributed by atoms with Gasteiger partial charge in [0, 0.05) is 32.0 Å². The highest BCUT2D eigenvalue weighted by Crippen LogP contribution is 2.17. The Hall–Kier alpha value is -1.71. The first kappa shape index (κ1) is 26.5. The molecule has 32 heavy (non-hydrogen) atoms. The Morgan fingerprint density at radius 3 is 2.50 bits per heavy atom. The first-order chi connectivity index (χ1) is 15.4. The van der Waals surface area contributed by atoms with Gasteiger partial charge in [-0.2, -0.15) is 0 Å². The van der Waals surface area contributed by atoms with Crippen LogP contribution in [0.1, 0.15) is 70.9 Å². The molecule has 1 aliphatic rings. The Balaban J connectivity index is 1.70. The molecule has 0 bridgehead atoms. The number of hydrogen-bond acceptors (Lipinski definition) is 3. The molecular weight excluding hydrogens is 392 g/mol. The molecule has 2 rings (SSSR count). The van der Waals surface area contributed by atoms with Gasteiger partial charge in [0.15, 0.2) is 0 Å². The van der Waals surface area contributed by atoms with Gasteiger partial charge < -0.3 is 4.90 Å². The second-order valence-electron chi connectivity index (χ2n) is 9.71. The van der Waals surface area contributed by atoms with Crippen LogP contribution in [0.15, 0.2) is 48.1 Å². The maximum absolute atomic E-state index is 12.6. The second-order valence-corrected chi connectivity index (χ2v) is 9.71. The van der Waals surface area contributed by atoms with Crippen molar-refractivity contribution in [3.63, 3.8) is 0 Å². The van der Waals surface area contributed by atoms with Crippen LogP contribution in [0.4, 0.5) is 0 Å². The van der Waals surface area contributed by atoms with E-state index < -0.39 is 0 Å². The molecule has 0 N–H and O–H groups in total. The van der Waals surface area contributed by atoms with Gasteiger partial charge in [0.1, 0.15) is 5.78 Å². The molecule has 0 saturated heterocycles. The van der Waals surface area contributed by atoms with E-state index in [1.54, 1.807) is 0 Å². The van der Waals surface area contributed by atoms with Gasteiger partial charge in [0.05, 0.1) is 0 Å². The highest BCUT2D eigenvalue weighted by atomic mass is 16.1. The minimum absolute atomic E-state index is 0.0160. The molecule has 1 aromatic carbocycles. The van der Waals surface area contributed by atoms with Crippen molar-refractivity contribution in [1.29, 1.82) is 0 Å². The second kappa shape index (κ2) is 14.4. The lowest BCUT2D eigenvalue weighted by molar-refractivity contribution is -0.121. The van der Waals surface area contributed by atoms with Crippen LogP contribution in [0.5, 0.6) is 0 Å². The zero-order valence-electron chi connectivity index (χ0n) is 21.3. The Morgan fingerprint density at radius 1 is 1.09 bits per heavy atom. The Kier molecular flexibility index (Phi) is 12.0. The van der Waals surface area contributed by atoms with Crippen LogP contribution in [-0.4, -0.2) is 48.8 Å². The summed E-state index contributed by atoms with van der Waals surface area (Å²) in [6, 6.07) is 9.03. The first-order valence-electron chi connectivity index (χ1n) is 12.8. The summed E-state index contributed by atoms with van der Waals surface area (Å²) in [5, 5.41) is 0. The molecule has 1 aromatic rings. The van der Waals surface area contributed by atoms with Gasteiger partial charge in [-0.3, -0.25) is 9.69 Å². The lowest BCUT2D eigenvalue weighted by Gasteiger charge is -2.22. The average Bonchev–Trinajstić information content (AvgIpc) is 3.02. The zero-order chi connectivity index (χ0) is 23.3. The van der Waals surface area contributed by atoms with Crippen molar-refractivity contribution in [1.82, 2.24) is 9.80 Å². The molecule has 0 aromatic heterocycles. The summed E-state index contributed by atoms with van der Waals surface area (Å²) in [6.45, 7) is 14.2. The molecule has 0 amide bonds. The lowest BCUT2D eigenvalue weighted by Crippen LogP contribution is -2.25. The van der Waals surface area contributed by atoms with Gasteiger partial charge in [-0.25, -0.2) is 0 Å². The molecule has 2 atom stereocenters. The number of allylic oxidation sites excluding steroid dienone is 2. The third kappa shape index (κ3) is 9.83. The third-order valence-corrected chi connectivity index (χ3v) is 6.91. The zero-order valence-corrected chi connectivity index (χ0v) is 21.3. The van der Waals surface area contributed by atoms with E-state index in [0.29, 0.717) is 18.1 Å². The van der Waals surface area contributed by atoms with E-state index in [9.17, 15) is 4.79 Å². The van der Waals surface area contributed by atoms with Gasteiger partial charge in [0.2, 0.25) is 0 Å². The van der Waals surface area contributed by atoms with Crippen LogP contribution in [0.3, 0.4) is 0 Å². The minimum Gasteiger partial charge on any atom is -0.306 e. The highest BCUT2D eigenvalue weighted by Gasteiger charge is 2.14. The standard InChI is InChI=1S/C29H46N2O/c1-6-26-13-15-28(16-14-26)23-31(7-2)22-18-24(3)10-17-29(32)25(4)11-12-27-9-8-20-30(5)21-19-27/h9,11-16,24-25H,6-8,10,17-23H2,1-5H3/b12-11-. The number of benzene rings is 1. The Labute approximate surface area is 197 Å². The van der Waals surface area contributed by atoms with Gasteiger partial charge in [-0.1, -0.05) is 75.8 Å². The number of carbonyl (C=O) groups excluding carboxylic acids is 1. The summed E-state index contributed by atoms with van der Waals surface area (Å²) in [6.07, 6.45) is 12.8. The number of nitrogens with zero attached hydrogens (tertiary/aromatic N) is 2. The van der Waals surface area contributed by atoms with Crippen LogP contribution >= 0.6 is 0 Å². The van der Waals surface area contributed by atoms with Gasteiger partial charge in [0.25, 0.3) is 0 Å². The molecule has 3 heteroatoms. The first-order valence-corrected chi connectivity index (χ1v) is 12.8. The summed E-state index contributed by atoms with van der Waals surface area (Å²) >= 11 is 0. The van der Waals surface area contributed by atoms with Gasteiger partial charge in [-0.05, 0) is 69.3 Å². The third-order valence-electron chi connectivity index (χ3n) is 6.91. The van der Waals surface area contributed by atoms with E-state index in [0.717, 1.165) is 64.8 Å². The van der Waals surface area contributed by atoms with E-state index in [1.807, 2.05) is 0 Å². The molecule has 1 heterocycles. The summed E-state index contributed by atoms with van der Waals surface area (Å²) in [5.74, 6) is 0.969. The number of ketones is 1. The van der Waals surface area contributed by atoms with Crippen LogP contribution in [-0.2, 0) is 17.8 Å². The molecule has 0 radical (unpaired) electrons. The molecule has 1 aliphatic heterocycles. The fourth-order valence-corrected chi connectivity index (χ4v) is 4.18. The molecule has 0 fully saturated rings. The number of carbonyl (C=O) groups is 1. The van der Waals surface area contributed by atoms with E-state index >= 15 is 0 Å². The van der Waals surface area contributed by atoms with Gasteiger partial charge >= 0.3 is 0 Å². The van der Waals surface area contributed by atoms with Crippen molar-refractivity contribution in [3.8, 4) is 0 Å². The number of aryl methyl sites for hydroxylation is 1. The van der Waals surface area contributed by atoms with Crippen LogP contribution in [0, 0.1) is 11.8 Å². The van der Waals surface area contributed by atoms with Crippen molar-refractivity contribution in [2.24, 2.45) is 11.8 Å². The van der Waals surface area contributed by atoms with Crippen molar-refractivity contribution in [2.75, 3.05) is 33.2 Å². The summed E-state index contributed by atoms with van der Waals surface area (Å²) in [7, 11) is 2.18. The molecule has 2 unspecified atom stereocenters. The van der Waals surface area contributed by atoms with Crippen molar-refractivity contribution in [2.45, 2.75) is 72.8 Å². The fourth-order valence-electron chi connectivity index (χ4n) is 4.18. The SMILES string of the molecule is CCc1ccc(CN(CC)CCC(C)CCC(=O)C(C)/C=C\C2=CCCN(C)CC2)cc1. The average molecular weight is 439 g/mol. The molecule has 0 saturated carbocycles. The molecule has 3 nitrogen and oxygen atoms in total. The molecule has 0 aliphatic carbocycles. The maximum atomic E-state index is 12.6. The predicted octanol–water partition coefficient (Wildman–Crippen LogP) is 6.29. The lowest BCUT2D eigenvalue weighted by atomic mass is 9.94. The summed E-state index contributed by atoms with van der Waals surface area (Å²) in [4.78, 5) is 17.5. The quantitative estimate of drug-likeness (QED) is 0.361. The van der Waals surface area contributed by atoms with Crippen LogP contribution < -0.4 is 0 Å². The monoisotopic (exact) mass is 438 g/mol. The number of rotatable bonds is 13. The van der Waals surface area contributed by atoms with Crippen molar-refractivity contribution < 1.29 is 4.79 Å². The highest BCUT2D eigenvalue weighted by molar-refractivity contribution is 5.82. The Bertz CT molecular complexity index is 734. The van der Waals surface area contributed by atoms with Crippen LogP contribution in [0.2, 0.25) is 0 Å². The fraction of sp³-hybridized carbons (Fsp3) is 0.621. The summed E-state index contributed by atoms with van der Waals surface area (Å²) in [5.41, 5.74) is 4.17. The number of Topliss-reactive ketones (excluding diaryl/α,β-unsaturated/α-hetero) is 1. The van der Waals surface area contributed by atoms with Crippen molar-refractivity contribution in [3.05, 3.63) is 59.2 Å². The topological polar surface area (TPSA) is 23.6 Å². The van der Waals surface area contributed by atoms with E-state index in [2.05, 4.69) is 87.0 Å². The maximum Gasteiger partial charge on any atom is 0.139 e. The predicted molar refractivity (Wildman–Crippen MR) is 138 cm³/mol. The largest absolute Gasteiger partial charge is 0.306 e. The van der Waals surface area contributed by atoms with Gasteiger partial charge in [-0.15, -0.1) is 0 Å². The van der Waals surface area contributed by atoms with E-state index in [4.69, 9.17) is 0 Å². The Morgan fingerprint density at radius 2 is 1.81 bits per heavy atom. The normalized spacial score (nSPS) is 17.4. The van der Waals surface area contributed by atoms with Crippen molar-refractivity contribution >= 4 is 5.78 Å². The molecule has 0 spiro atoms.